The van der Waals surface area contributed by atoms with E-state index in [1.54, 1.807) is 0 Å². The molecule has 0 unspecified atom stereocenters. The summed E-state index contributed by atoms with van der Waals surface area (Å²) < 4.78 is 5.56. The molecule has 0 aliphatic heterocycles. The molecule has 4 nitrogen and oxygen atoms in total. The van der Waals surface area contributed by atoms with Crippen LogP contribution in [0.2, 0.25) is 0 Å². The molecule has 0 fully saturated rings. The standard InChI is InChI=1S/C27H35NO3/c1-6-7-24(29)28-21-11-8-19(9-12-21)14-17-31-25(30)20-10-13-22-23(18-20)27(4,5)16-15-26(22,2)3/h8-13,18H,6-7,14-17H2,1-5H3,(H,28,29). The molecule has 0 saturated heterocycles. The first-order chi connectivity index (χ1) is 14.6. The van der Waals surface area contributed by atoms with Crippen LogP contribution in [0.25, 0.3) is 0 Å². The van der Waals surface area contributed by atoms with Crippen LogP contribution in [0.5, 0.6) is 0 Å². The van der Waals surface area contributed by atoms with Gasteiger partial charge in [0.1, 0.15) is 0 Å². The molecule has 31 heavy (non-hydrogen) atoms. The molecule has 3 rings (SSSR count). The second-order valence-electron chi connectivity index (χ2n) is 9.91. The summed E-state index contributed by atoms with van der Waals surface area (Å²) >= 11 is 0. The lowest BCUT2D eigenvalue weighted by atomic mass is 9.63. The van der Waals surface area contributed by atoms with Crippen molar-refractivity contribution >= 4 is 17.6 Å². The quantitative estimate of drug-likeness (QED) is 0.544. The van der Waals surface area contributed by atoms with E-state index in [1.165, 1.54) is 11.1 Å². The molecule has 0 bridgehead atoms. The van der Waals surface area contributed by atoms with Crippen LogP contribution < -0.4 is 5.32 Å². The average molecular weight is 422 g/mol. The summed E-state index contributed by atoms with van der Waals surface area (Å²) in [5, 5.41) is 2.88. The molecule has 4 heteroatoms. The van der Waals surface area contributed by atoms with Gasteiger partial charge in [-0.2, -0.15) is 0 Å². The average Bonchev–Trinajstić information content (AvgIpc) is 2.72. The summed E-state index contributed by atoms with van der Waals surface area (Å²) in [4.78, 5) is 24.3. The van der Waals surface area contributed by atoms with Crippen LogP contribution in [-0.2, 0) is 26.8 Å². The van der Waals surface area contributed by atoms with E-state index < -0.39 is 0 Å². The van der Waals surface area contributed by atoms with Gasteiger partial charge >= 0.3 is 5.97 Å². The molecule has 2 aromatic rings. The fraction of sp³-hybridized carbons (Fsp3) is 0.481. The van der Waals surface area contributed by atoms with Crippen molar-refractivity contribution in [3.05, 3.63) is 64.7 Å². The Hall–Kier alpha value is -2.62. The lowest BCUT2D eigenvalue weighted by molar-refractivity contribution is -0.116. The zero-order chi connectivity index (χ0) is 22.6. The highest BCUT2D eigenvalue weighted by Crippen LogP contribution is 2.45. The van der Waals surface area contributed by atoms with Crippen molar-refractivity contribution in [3.63, 3.8) is 0 Å². The van der Waals surface area contributed by atoms with Crippen molar-refractivity contribution in [2.75, 3.05) is 11.9 Å². The summed E-state index contributed by atoms with van der Waals surface area (Å²) in [6.45, 7) is 11.4. The van der Waals surface area contributed by atoms with Crippen LogP contribution in [0.1, 0.15) is 87.4 Å². The third-order valence-corrected chi connectivity index (χ3v) is 6.43. The topological polar surface area (TPSA) is 55.4 Å². The minimum Gasteiger partial charge on any atom is -0.462 e. The fourth-order valence-corrected chi connectivity index (χ4v) is 4.27. The number of benzene rings is 2. The highest BCUT2D eigenvalue weighted by atomic mass is 16.5. The monoisotopic (exact) mass is 421 g/mol. The van der Waals surface area contributed by atoms with Crippen LogP contribution in [-0.4, -0.2) is 18.5 Å². The molecule has 1 N–H and O–H groups in total. The van der Waals surface area contributed by atoms with Crippen molar-refractivity contribution in [2.45, 2.75) is 77.6 Å². The summed E-state index contributed by atoms with van der Waals surface area (Å²) in [5.41, 5.74) is 5.28. The minimum atomic E-state index is -0.273. The lowest BCUT2D eigenvalue weighted by Crippen LogP contribution is -2.34. The molecule has 1 aliphatic carbocycles. The molecule has 0 spiro atoms. The fourth-order valence-electron chi connectivity index (χ4n) is 4.27. The number of nitrogens with one attached hydrogen (secondary N) is 1. The molecule has 166 valence electrons. The van der Waals surface area contributed by atoms with Crippen molar-refractivity contribution < 1.29 is 14.3 Å². The number of anilines is 1. The molecule has 0 radical (unpaired) electrons. The predicted octanol–water partition coefficient (Wildman–Crippen LogP) is 6.17. The van der Waals surface area contributed by atoms with E-state index in [1.807, 2.05) is 43.3 Å². The van der Waals surface area contributed by atoms with Crippen molar-refractivity contribution in [1.29, 1.82) is 0 Å². The van der Waals surface area contributed by atoms with Gasteiger partial charge in [-0.3, -0.25) is 4.79 Å². The second-order valence-corrected chi connectivity index (χ2v) is 9.91. The van der Waals surface area contributed by atoms with Gasteiger partial charge in [-0.15, -0.1) is 0 Å². The first kappa shape index (κ1) is 23.1. The maximum Gasteiger partial charge on any atom is 0.338 e. The molecule has 0 heterocycles. The molecule has 0 saturated carbocycles. The molecule has 1 aliphatic rings. The van der Waals surface area contributed by atoms with Crippen LogP contribution in [0.15, 0.2) is 42.5 Å². The highest BCUT2D eigenvalue weighted by Gasteiger charge is 2.37. The Labute approximate surface area is 186 Å². The minimum absolute atomic E-state index is 0.0285. The Bertz CT molecular complexity index is 941. The van der Waals surface area contributed by atoms with Gasteiger partial charge in [0, 0.05) is 18.5 Å². The Morgan fingerprint density at radius 1 is 0.935 bits per heavy atom. The van der Waals surface area contributed by atoms with Gasteiger partial charge in [-0.25, -0.2) is 4.79 Å². The van der Waals surface area contributed by atoms with Crippen LogP contribution in [0.4, 0.5) is 5.69 Å². The van der Waals surface area contributed by atoms with Gasteiger partial charge in [0.25, 0.3) is 0 Å². The Kier molecular flexibility index (Phi) is 6.88. The number of esters is 1. The number of carbonyl (C=O) groups is 2. The van der Waals surface area contributed by atoms with Gasteiger partial charge < -0.3 is 10.1 Å². The van der Waals surface area contributed by atoms with E-state index in [0.717, 1.165) is 30.5 Å². The Morgan fingerprint density at radius 2 is 1.58 bits per heavy atom. The zero-order valence-corrected chi connectivity index (χ0v) is 19.5. The maximum atomic E-state index is 12.7. The number of hydrogen-bond donors (Lipinski definition) is 1. The first-order valence-corrected chi connectivity index (χ1v) is 11.3. The summed E-state index contributed by atoms with van der Waals surface area (Å²) in [7, 11) is 0. The van der Waals surface area contributed by atoms with Crippen molar-refractivity contribution in [1.82, 2.24) is 0 Å². The van der Waals surface area contributed by atoms with Gasteiger partial charge in [-0.1, -0.05) is 52.8 Å². The van der Waals surface area contributed by atoms with Crippen molar-refractivity contribution in [2.24, 2.45) is 0 Å². The number of ether oxygens (including phenoxy) is 1. The maximum absolute atomic E-state index is 12.7. The molecule has 2 aromatic carbocycles. The number of carbonyl (C=O) groups excluding carboxylic acids is 2. The van der Waals surface area contributed by atoms with E-state index in [9.17, 15) is 9.59 Å². The second kappa shape index (κ2) is 9.25. The molecular formula is C27H35NO3. The van der Waals surface area contributed by atoms with E-state index in [-0.39, 0.29) is 22.7 Å². The summed E-state index contributed by atoms with van der Waals surface area (Å²) in [6, 6.07) is 13.7. The van der Waals surface area contributed by atoms with Gasteiger partial charge in [0.05, 0.1) is 12.2 Å². The number of rotatable bonds is 7. The summed E-state index contributed by atoms with van der Waals surface area (Å²) in [5.74, 6) is -0.244. The third kappa shape index (κ3) is 5.55. The molecule has 1 amide bonds. The van der Waals surface area contributed by atoms with E-state index >= 15 is 0 Å². The van der Waals surface area contributed by atoms with Gasteiger partial charge in [0.15, 0.2) is 0 Å². The molecular weight excluding hydrogens is 386 g/mol. The number of hydrogen-bond acceptors (Lipinski definition) is 3. The smallest absolute Gasteiger partial charge is 0.338 e. The van der Waals surface area contributed by atoms with Crippen LogP contribution in [0.3, 0.4) is 0 Å². The Balaban J connectivity index is 1.59. The Morgan fingerprint density at radius 3 is 2.23 bits per heavy atom. The van der Waals surface area contributed by atoms with Crippen LogP contribution >= 0.6 is 0 Å². The van der Waals surface area contributed by atoms with E-state index in [2.05, 4.69) is 39.1 Å². The molecule has 0 aromatic heterocycles. The zero-order valence-electron chi connectivity index (χ0n) is 19.5. The van der Waals surface area contributed by atoms with Crippen LogP contribution in [0, 0.1) is 0 Å². The predicted molar refractivity (Wildman–Crippen MR) is 126 cm³/mol. The number of amides is 1. The first-order valence-electron chi connectivity index (χ1n) is 11.3. The van der Waals surface area contributed by atoms with Crippen molar-refractivity contribution in [3.8, 4) is 0 Å². The SMILES string of the molecule is CCCC(=O)Nc1ccc(CCOC(=O)c2ccc3c(c2)C(C)(C)CCC3(C)C)cc1. The lowest BCUT2D eigenvalue weighted by Gasteiger charge is -2.41. The molecule has 0 atom stereocenters. The highest BCUT2D eigenvalue weighted by molar-refractivity contribution is 5.91. The van der Waals surface area contributed by atoms with E-state index in [4.69, 9.17) is 4.74 Å². The number of fused-ring (bicyclic) bond motifs is 1. The van der Waals surface area contributed by atoms with Gasteiger partial charge in [-0.05, 0) is 71.0 Å². The third-order valence-electron chi connectivity index (χ3n) is 6.43. The normalized spacial score (nSPS) is 16.3. The van der Waals surface area contributed by atoms with Gasteiger partial charge in [0.2, 0.25) is 5.91 Å². The largest absolute Gasteiger partial charge is 0.462 e. The van der Waals surface area contributed by atoms with E-state index in [0.29, 0.717) is 25.0 Å². The summed E-state index contributed by atoms with van der Waals surface area (Å²) in [6.07, 6.45) is 4.25.